The first-order valence-electron chi connectivity index (χ1n) is 5.89. The largest absolute Gasteiger partial charge is 0.513 e. The summed E-state index contributed by atoms with van der Waals surface area (Å²) in [6.07, 6.45) is 0.0589. The van der Waals surface area contributed by atoms with Gasteiger partial charge in [-0.3, -0.25) is 0 Å². The highest BCUT2D eigenvalue weighted by molar-refractivity contribution is 5.87. The molecule has 0 aliphatic heterocycles. The Bertz CT molecular complexity index is 412. The van der Waals surface area contributed by atoms with Crippen molar-refractivity contribution in [2.45, 2.75) is 13.3 Å². The summed E-state index contributed by atoms with van der Waals surface area (Å²) in [5.41, 5.74) is 0.119. The summed E-state index contributed by atoms with van der Waals surface area (Å²) in [6, 6.07) is 5.46. The molecule has 1 rings (SSSR count). The number of aromatic carboxylic acids is 1. The zero-order valence-electron chi connectivity index (χ0n) is 10.6. The first kappa shape index (κ1) is 15.0. The fourth-order valence-electron chi connectivity index (χ4n) is 1.22. The average Bonchev–Trinajstić information content (AvgIpc) is 2.39. The summed E-state index contributed by atoms with van der Waals surface area (Å²) in [5, 5.41) is 8.70. The highest BCUT2D eigenvalue weighted by Crippen LogP contribution is 2.12. The van der Waals surface area contributed by atoms with E-state index in [0.717, 1.165) is 6.42 Å². The van der Waals surface area contributed by atoms with Gasteiger partial charge in [0, 0.05) is 6.61 Å². The van der Waals surface area contributed by atoms with Crippen molar-refractivity contribution in [2.24, 2.45) is 0 Å². The lowest BCUT2D eigenvalue weighted by molar-refractivity contribution is 0.0523. The summed E-state index contributed by atoms with van der Waals surface area (Å²) in [4.78, 5) is 21.9. The van der Waals surface area contributed by atoms with E-state index in [-0.39, 0.29) is 17.9 Å². The van der Waals surface area contributed by atoms with Crippen molar-refractivity contribution in [3.63, 3.8) is 0 Å². The lowest BCUT2D eigenvalue weighted by Crippen LogP contribution is -2.14. The van der Waals surface area contributed by atoms with Crippen LogP contribution in [0.3, 0.4) is 0 Å². The molecule has 0 aliphatic rings. The van der Waals surface area contributed by atoms with Gasteiger partial charge in [0.15, 0.2) is 0 Å². The average molecular weight is 268 g/mol. The van der Waals surface area contributed by atoms with Crippen LogP contribution in [-0.2, 0) is 9.47 Å². The molecule has 0 saturated heterocycles. The zero-order chi connectivity index (χ0) is 14.1. The maximum absolute atomic E-state index is 11.2. The fourth-order valence-corrected chi connectivity index (χ4v) is 1.22. The van der Waals surface area contributed by atoms with Crippen LogP contribution >= 0.6 is 0 Å². The molecule has 6 nitrogen and oxygen atoms in total. The van der Waals surface area contributed by atoms with Gasteiger partial charge in [0.2, 0.25) is 0 Å². The van der Waals surface area contributed by atoms with Gasteiger partial charge >= 0.3 is 12.1 Å². The maximum atomic E-state index is 11.2. The van der Waals surface area contributed by atoms with Crippen LogP contribution in [0.2, 0.25) is 0 Å². The van der Waals surface area contributed by atoms with Gasteiger partial charge in [-0.15, -0.1) is 0 Å². The lowest BCUT2D eigenvalue weighted by Gasteiger charge is -2.06. The SMILES string of the molecule is CCCOCCOC(=O)Oc1ccc(C(=O)O)cc1. The van der Waals surface area contributed by atoms with Gasteiger partial charge in [0.25, 0.3) is 0 Å². The molecule has 0 heterocycles. The summed E-state index contributed by atoms with van der Waals surface area (Å²) in [5.74, 6) is -0.813. The molecule has 1 aromatic carbocycles. The Hall–Kier alpha value is -2.08. The number of rotatable bonds is 7. The number of carboxylic acids is 1. The van der Waals surface area contributed by atoms with Crippen molar-refractivity contribution in [3.05, 3.63) is 29.8 Å². The third-order valence-electron chi connectivity index (χ3n) is 2.10. The first-order chi connectivity index (χ1) is 9.13. The number of hydrogen-bond acceptors (Lipinski definition) is 5. The predicted octanol–water partition coefficient (Wildman–Crippen LogP) is 2.33. The third kappa shape index (κ3) is 5.87. The van der Waals surface area contributed by atoms with E-state index in [2.05, 4.69) is 0 Å². The van der Waals surface area contributed by atoms with Gasteiger partial charge in [-0.25, -0.2) is 9.59 Å². The lowest BCUT2D eigenvalue weighted by atomic mass is 10.2. The number of ether oxygens (including phenoxy) is 3. The van der Waals surface area contributed by atoms with Crippen molar-refractivity contribution in [1.29, 1.82) is 0 Å². The Labute approximate surface area is 110 Å². The molecule has 0 bridgehead atoms. The van der Waals surface area contributed by atoms with Crippen LogP contribution in [-0.4, -0.2) is 37.1 Å². The number of carboxylic acid groups (broad SMARTS) is 1. The fraction of sp³-hybridized carbons (Fsp3) is 0.385. The van der Waals surface area contributed by atoms with E-state index in [9.17, 15) is 9.59 Å². The van der Waals surface area contributed by atoms with Crippen molar-refractivity contribution < 1.29 is 28.9 Å². The minimum atomic E-state index is -1.04. The van der Waals surface area contributed by atoms with E-state index in [0.29, 0.717) is 13.2 Å². The monoisotopic (exact) mass is 268 g/mol. The quantitative estimate of drug-likeness (QED) is 0.464. The van der Waals surface area contributed by atoms with E-state index in [1.54, 1.807) is 0 Å². The molecular formula is C13H16O6. The van der Waals surface area contributed by atoms with Crippen LogP contribution < -0.4 is 4.74 Å². The van der Waals surface area contributed by atoms with Gasteiger partial charge < -0.3 is 19.3 Å². The molecule has 0 fully saturated rings. The summed E-state index contributed by atoms with van der Waals surface area (Å²) < 4.78 is 14.7. The molecule has 6 heteroatoms. The van der Waals surface area contributed by atoms with Crippen molar-refractivity contribution in [3.8, 4) is 5.75 Å². The van der Waals surface area contributed by atoms with Gasteiger partial charge in [-0.2, -0.15) is 0 Å². The van der Waals surface area contributed by atoms with E-state index < -0.39 is 12.1 Å². The molecule has 0 atom stereocenters. The zero-order valence-corrected chi connectivity index (χ0v) is 10.6. The van der Waals surface area contributed by atoms with Crippen LogP contribution in [0.5, 0.6) is 5.75 Å². The molecule has 0 aromatic heterocycles. The third-order valence-corrected chi connectivity index (χ3v) is 2.10. The number of benzene rings is 1. The Kier molecular flexibility index (Phi) is 6.38. The standard InChI is InChI=1S/C13H16O6/c1-2-7-17-8-9-18-13(16)19-11-5-3-10(4-6-11)12(14)15/h3-6H,2,7-9H2,1H3,(H,14,15). The highest BCUT2D eigenvalue weighted by Gasteiger charge is 2.07. The molecule has 104 valence electrons. The van der Waals surface area contributed by atoms with Gasteiger partial charge in [0.05, 0.1) is 12.2 Å². The Morgan fingerprint density at radius 2 is 1.79 bits per heavy atom. The molecule has 0 saturated carbocycles. The summed E-state index contributed by atoms with van der Waals surface area (Å²) in [7, 11) is 0. The smallest absolute Gasteiger partial charge is 0.478 e. The molecule has 0 amide bonds. The Morgan fingerprint density at radius 1 is 1.11 bits per heavy atom. The molecule has 1 N–H and O–H groups in total. The Morgan fingerprint density at radius 3 is 2.37 bits per heavy atom. The van der Waals surface area contributed by atoms with E-state index in [1.165, 1.54) is 24.3 Å². The van der Waals surface area contributed by atoms with Crippen LogP contribution in [0.1, 0.15) is 23.7 Å². The second-order valence-electron chi connectivity index (χ2n) is 3.64. The van der Waals surface area contributed by atoms with E-state index >= 15 is 0 Å². The summed E-state index contributed by atoms with van der Waals surface area (Å²) >= 11 is 0. The van der Waals surface area contributed by atoms with Crippen molar-refractivity contribution in [2.75, 3.05) is 19.8 Å². The number of hydrogen-bond donors (Lipinski definition) is 1. The molecule has 0 unspecified atom stereocenters. The minimum absolute atomic E-state index is 0.117. The molecular weight excluding hydrogens is 252 g/mol. The van der Waals surface area contributed by atoms with Crippen LogP contribution in [0.4, 0.5) is 4.79 Å². The molecule has 0 radical (unpaired) electrons. The van der Waals surface area contributed by atoms with Crippen LogP contribution in [0.15, 0.2) is 24.3 Å². The van der Waals surface area contributed by atoms with Gasteiger partial charge in [0.1, 0.15) is 12.4 Å². The predicted molar refractivity (Wildman–Crippen MR) is 66.5 cm³/mol. The minimum Gasteiger partial charge on any atom is -0.478 e. The topological polar surface area (TPSA) is 82.1 Å². The Balaban J connectivity index is 2.30. The second kappa shape index (κ2) is 8.10. The van der Waals surface area contributed by atoms with Crippen LogP contribution in [0.25, 0.3) is 0 Å². The van der Waals surface area contributed by atoms with Gasteiger partial charge in [-0.05, 0) is 30.7 Å². The molecule has 0 aliphatic carbocycles. The molecule has 1 aromatic rings. The van der Waals surface area contributed by atoms with Crippen molar-refractivity contribution >= 4 is 12.1 Å². The van der Waals surface area contributed by atoms with Crippen LogP contribution in [0, 0.1) is 0 Å². The van der Waals surface area contributed by atoms with E-state index in [1.807, 2.05) is 6.92 Å². The van der Waals surface area contributed by atoms with Gasteiger partial charge in [-0.1, -0.05) is 6.92 Å². The summed E-state index contributed by atoms with van der Waals surface area (Å²) in [6.45, 7) is 3.04. The highest BCUT2D eigenvalue weighted by atomic mass is 16.7. The number of carbonyl (C=O) groups excluding carboxylic acids is 1. The number of carbonyl (C=O) groups is 2. The molecule has 0 spiro atoms. The van der Waals surface area contributed by atoms with E-state index in [4.69, 9.17) is 19.3 Å². The first-order valence-corrected chi connectivity index (χ1v) is 5.89. The van der Waals surface area contributed by atoms with Crippen molar-refractivity contribution in [1.82, 2.24) is 0 Å². The second-order valence-corrected chi connectivity index (χ2v) is 3.64. The molecule has 19 heavy (non-hydrogen) atoms. The normalized spacial score (nSPS) is 9.95. The maximum Gasteiger partial charge on any atom is 0.513 e.